The smallest absolute Gasteiger partial charge is 0.241 e. The first-order valence-electron chi connectivity index (χ1n) is 7.18. The molecule has 7 heteroatoms. The van der Waals surface area contributed by atoms with Crippen LogP contribution in [0.5, 0.6) is 0 Å². The van der Waals surface area contributed by atoms with E-state index in [1.165, 1.54) is 11.0 Å². The van der Waals surface area contributed by atoms with Gasteiger partial charge in [-0.05, 0) is 25.0 Å². The summed E-state index contributed by atoms with van der Waals surface area (Å²) in [6.07, 6.45) is 2.00. The van der Waals surface area contributed by atoms with E-state index in [0.717, 1.165) is 38.1 Å². The molecule has 1 aliphatic heterocycles. The number of carbonyl (C=O) groups is 2. The van der Waals surface area contributed by atoms with Gasteiger partial charge < -0.3 is 15.1 Å². The molecular weight excluding hydrogens is 292 g/mol. The third-order valence-electron chi connectivity index (χ3n) is 3.62. The molecule has 1 heterocycles. The molecule has 0 atom stereocenters. The summed E-state index contributed by atoms with van der Waals surface area (Å²) in [7, 11) is 1.59. The maximum absolute atomic E-state index is 13.2. The van der Waals surface area contributed by atoms with Crippen LogP contribution >= 0.6 is 0 Å². The number of likely N-dealkylation sites (tertiary alicyclic amines) is 1. The zero-order valence-corrected chi connectivity index (χ0v) is 12.4. The van der Waals surface area contributed by atoms with Gasteiger partial charge in [0.2, 0.25) is 11.8 Å². The normalized spacial score (nSPS) is 14.0. The number of nitrogens with one attached hydrogen (secondary N) is 1. The van der Waals surface area contributed by atoms with Crippen molar-refractivity contribution in [2.45, 2.75) is 12.8 Å². The summed E-state index contributed by atoms with van der Waals surface area (Å²) in [4.78, 5) is 26.8. The Morgan fingerprint density at radius 1 is 1.23 bits per heavy atom. The molecule has 0 spiro atoms. The first kappa shape index (κ1) is 16.2. The van der Waals surface area contributed by atoms with Crippen molar-refractivity contribution >= 4 is 17.5 Å². The molecule has 5 nitrogen and oxygen atoms in total. The van der Waals surface area contributed by atoms with Gasteiger partial charge in [-0.1, -0.05) is 0 Å². The van der Waals surface area contributed by atoms with E-state index in [-0.39, 0.29) is 24.9 Å². The van der Waals surface area contributed by atoms with Crippen molar-refractivity contribution in [1.29, 1.82) is 0 Å². The Kier molecular flexibility index (Phi) is 5.30. The van der Waals surface area contributed by atoms with E-state index < -0.39 is 11.6 Å². The molecule has 1 saturated heterocycles. The largest absolute Gasteiger partial charge is 0.365 e. The Hall–Kier alpha value is -2.18. The Bertz CT molecular complexity index is 560. The van der Waals surface area contributed by atoms with Crippen LogP contribution in [-0.2, 0) is 9.59 Å². The van der Waals surface area contributed by atoms with E-state index in [1.54, 1.807) is 11.9 Å². The van der Waals surface area contributed by atoms with Crippen molar-refractivity contribution in [3.63, 3.8) is 0 Å². The van der Waals surface area contributed by atoms with Gasteiger partial charge in [-0.25, -0.2) is 8.78 Å². The predicted octanol–water partition coefficient (Wildman–Crippen LogP) is 1.14. The molecule has 120 valence electrons. The highest BCUT2D eigenvalue weighted by Crippen LogP contribution is 2.16. The Morgan fingerprint density at radius 3 is 2.55 bits per heavy atom. The zero-order chi connectivity index (χ0) is 16.1. The van der Waals surface area contributed by atoms with Gasteiger partial charge in [0, 0.05) is 31.9 Å². The average molecular weight is 311 g/mol. The van der Waals surface area contributed by atoms with E-state index in [1.807, 2.05) is 0 Å². The maximum atomic E-state index is 13.2. The minimum absolute atomic E-state index is 0.0372. The summed E-state index contributed by atoms with van der Waals surface area (Å²) in [5.41, 5.74) is 0.389. The minimum atomic E-state index is -0.964. The lowest BCUT2D eigenvalue weighted by atomic mass is 10.2. The van der Waals surface area contributed by atoms with Gasteiger partial charge in [0.05, 0.1) is 13.1 Å². The SMILES string of the molecule is CN(CC(=O)NCC(=O)N1CCCC1)c1ccc(F)c(F)c1. The van der Waals surface area contributed by atoms with Crippen LogP contribution in [0.2, 0.25) is 0 Å². The number of hydrogen-bond donors (Lipinski definition) is 1. The van der Waals surface area contributed by atoms with Crippen LogP contribution in [0, 0.1) is 11.6 Å². The van der Waals surface area contributed by atoms with Gasteiger partial charge in [-0.2, -0.15) is 0 Å². The Morgan fingerprint density at radius 2 is 1.91 bits per heavy atom. The summed E-state index contributed by atoms with van der Waals surface area (Å²) < 4.78 is 26.0. The summed E-state index contributed by atoms with van der Waals surface area (Å²) in [6, 6.07) is 3.43. The molecule has 0 radical (unpaired) electrons. The fraction of sp³-hybridized carbons (Fsp3) is 0.467. The van der Waals surface area contributed by atoms with Crippen LogP contribution in [0.4, 0.5) is 14.5 Å². The first-order chi connectivity index (χ1) is 10.5. The van der Waals surface area contributed by atoms with Crippen molar-refractivity contribution in [2.24, 2.45) is 0 Å². The molecule has 0 saturated carbocycles. The standard InChI is InChI=1S/C15H19F2N3O2/c1-19(11-4-5-12(16)13(17)8-11)10-14(21)18-9-15(22)20-6-2-3-7-20/h4-5,8H,2-3,6-7,9-10H2,1H3,(H,18,21). The van der Waals surface area contributed by atoms with Crippen LogP contribution in [-0.4, -0.2) is 49.9 Å². The summed E-state index contributed by atoms with van der Waals surface area (Å²) >= 11 is 0. The lowest BCUT2D eigenvalue weighted by Gasteiger charge is -2.20. The molecule has 2 amide bonds. The van der Waals surface area contributed by atoms with E-state index in [4.69, 9.17) is 0 Å². The molecule has 1 aliphatic rings. The van der Waals surface area contributed by atoms with Gasteiger partial charge in [-0.15, -0.1) is 0 Å². The van der Waals surface area contributed by atoms with Crippen molar-refractivity contribution in [3.8, 4) is 0 Å². The highest BCUT2D eigenvalue weighted by atomic mass is 19.2. The van der Waals surface area contributed by atoms with Crippen molar-refractivity contribution in [3.05, 3.63) is 29.8 Å². The van der Waals surface area contributed by atoms with Gasteiger partial charge >= 0.3 is 0 Å². The summed E-state index contributed by atoms with van der Waals surface area (Å²) in [5.74, 6) is -2.34. The second-order valence-corrected chi connectivity index (χ2v) is 5.32. The summed E-state index contributed by atoms with van der Waals surface area (Å²) in [6.45, 7) is 1.40. The minimum Gasteiger partial charge on any atom is -0.365 e. The molecule has 22 heavy (non-hydrogen) atoms. The van der Waals surface area contributed by atoms with Crippen LogP contribution in [0.1, 0.15) is 12.8 Å². The molecule has 0 aromatic heterocycles. The highest BCUT2D eigenvalue weighted by Gasteiger charge is 2.18. The number of benzene rings is 1. The van der Waals surface area contributed by atoms with Gasteiger partial charge in [0.15, 0.2) is 11.6 Å². The number of rotatable bonds is 5. The topological polar surface area (TPSA) is 52.7 Å². The second kappa shape index (κ2) is 7.20. The third-order valence-corrected chi connectivity index (χ3v) is 3.62. The number of amides is 2. The van der Waals surface area contributed by atoms with Crippen LogP contribution in [0.3, 0.4) is 0 Å². The Labute approximate surface area is 127 Å². The molecule has 1 fully saturated rings. The first-order valence-corrected chi connectivity index (χ1v) is 7.18. The maximum Gasteiger partial charge on any atom is 0.241 e. The molecular formula is C15H19F2N3O2. The lowest BCUT2D eigenvalue weighted by molar-refractivity contribution is -0.131. The number of hydrogen-bond acceptors (Lipinski definition) is 3. The molecule has 1 aromatic carbocycles. The number of halogens is 2. The fourth-order valence-corrected chi connectivity index (χ4v) is 2.34. The van der Waals surface area contributed by atoms with Crippen molar-refractivity contribution < 1.29 is 18.4 Å². The Balaban J connectivity index is 1.80. The van der Waals surface area contributed by atoms with Crippen LogP contribution in [0.15, 0.2) is 18.2 Å². The van der Waals surface area contributed by atoms with E-state index in [0.29, 0.717) is 5.69 Å². The molecule has 0 unspecified atom stereocenters. The zero-order valence-electron chi connectivity index (χ0n) is 12.4. The number of anilines is 1. The molecule has 0 bridgehead atoms. The van der Waals surface area contributed by atoms with E-state index in [2.05, 4.69) is 5.32 Å². The molecule has 1 N–H and O–H groups in total. The molecule has 1 aromatic rings. The van der Waals surface area contributed by atoms with Gasteiger partial charge in [0.25, 0.3) is 0 Å². The van der Waals surface area contributed by atoms with Crippen molar-refractivity contribution in [1.82, 2.24) is 10.2 Å². The second-order valence-electron chi connectivity index (χ2n) is 5.32. The van der Waals surface area contributed by atoms with Crippen molar-refractivity contribution in [2.75, 3.05) is 38.1 Å². The lowest BCUT2D eigenvalue weighted by Crippen LogP contribution is -2.42. The van der Waals surface area contributed by atoms with E-state index >= 15 is 0 Å². The third kappa shape index (κ3) is 4.16. The average Bonchev–Trinajstić information content (AvgIpc) is 3.02. The monoisotopic (exact) mass is 311 g/mol. The molecule has 0 aliphatic carbocycles. The predicted molar refractivity (Wildman–Crippen MR) is 78.5 cm³/mol. The number of carbonyl (C=O) groups excluding carboxylic acids is 2. The molecule has 2 rings (SSSR count). The van der Waals surface area contributed by atoms with E-state index in [9.17, 15) is 18.4 Å². The fourth-order valence-electron chi connectivity index (χ4n) is 2.34. The van der Waals surface area contributed by atoms with Crippen LogP contribution in [0.25, 0.3) is 0 Å². The number of nitrogens with zero attached hydrogens (tertiary/aromatic N) is 2. The van der Waals surface area contributed by atoms with Gasteiger partial charge in [0.1, 0.15) is 0 Å². The van der Waals surface area contributed by atoms with Gasteiger partial charge in [-0.3, -0.25) is 9.59 Å². The van der Waals surface area contributed by atoms with Crippen LogP contribution < -0.4 is 10.2 Å². The quantitative estimate of drug-likeness (QED) is 0.887. The number of likely N-dealkylation sites (N-methyl/N-ethyl adjacent to an activating group) is 1. The highest BCUT2D eigenvalue weighted by molar-refractivity contribution is 5.87. The summed E-state index contributed by atoms with van der Waals surface area (Å²) in [5, 5.41) is 2.55.